The summed E-state index contributed by atoms with van der Waals surface area (Å²) in [5.41, 5.74) is 4.48. The van der Waals surface area contributed by atoms with Crippen LogP contribution in [-0.2, 0) is 12.0 Å². The van der Waals surface area contributed by atoms with E-state index in [-0.39, 0.29) is 0 Å². The number of hydrogen-bond acceptors (Lipinski definition) is 2. The molecular weight excluding hydrogens is 342 g/mol. The van der Waals surface area contributed by atoms with Crippen LogP contribution < -0.4 is 4.90 Å². The highest BCUT2D eigenvalue weighted by Crippen LogP contribution is 2.35. The van der Waals surface area contributed by atoms with E-state index in [1.54, 1.807) is 0 Å². The second kappa shape index (κ2) is 8.20. The van der Waals surface area contributed by atoms with E-state index in [2.05, 4.69) is 48.2 Å². The summed E-state index contributed by atoms with van der Waals surface area (Å²) in [5, 5.41) is 11.9. The van der Waals surface area contributed by atoms with E-state index in [1.165, 1.54) is 36.1 Å². The summed E-state index contributed by atoms with van der Waals surface area (Å²) in [6, 6.07) is 26.9. The number of nitrogens with zero attached hydrogens (tertiary/aromatic N) is 1. The Kier molecular flexibility index (Phi) is 5.50. The van der Waals surface area contributed by atoms with Gasteiger partial charge in [0, 0.05) is 25.2 Å². The average molecular weight is 372 g/mol. The molecule has 28 heavy (non-hydrogen) atoms. The standard InChI is InChI=1S/C26H29NO/c1-21-10-6-7-11-22(21)20-26(28,23-12-4-2-5-13-23)24-14-16-25(17-15-24)27-18-8-3-9-19-27/h2,4-7,10-17,28H,3,8-9,18-20H2,1H3. The fourth-order valence-electron chi connectivity index (χ4n) is 4.27. The predicted molar refractivity (Wildman–Crippen MR) is 117 cm³/mol. The molecule has 0 aliphatic carbocycles. The highest BCUT2D eigenvalue weighted by Gasteiger charge is 2.32. The normalized spacial score (nSPS) is 16.6. The molecular formula is C26H29NO. The summed E-state index contributed by atoms with van der Waals surface area (Å²) in [6.07, 6.45) is 4.43. The van der Waals surface area contributed by atoms with Crippen molar-refractivity contribution in [2.24, 2.45) is 0 Å². The van der Waals surface area contributed by atoms with Gasteiger partial charge in [0.05, 0.1) is 0 Å². The molecule has 1 saturated heterocycles. The van der Waals surface area contributed by atoms with Crippen LogP contribution in [0.25, 0.3) is 0 Å². The molecule has 1 aliphatic heterocycles. The Morgan fingerprint density at radius 1 is 0.750 bits per heavy atom. The van der Waals surface area contributed by atoms with E-state index < -0.39 is 5.60 Å². The van der Waals surface area contributed by atoms with Gasteiger partial charge in [0.2, 0.25) is 0 Å². The van der Waals surface area contributed by atoms with Gasteiger partial charge in [-0.05, 0) is 60.6 Å². The number of rotatable bonds is 5. The van der Waals surface area contributed by atoms with E-state index in [0.29, 0.717) is 6.42 Å². The van der Waals surface area contributed by atoms with E-state index in [1.807, 2.05) is 42.5 Å². The summed E-state index contributed by atoms with van der Waals surface area (Å²) in [6.45, 7) is 4.37. The zero-order valence-corrected chi connectivity index (χ0v) is 16.6. The summed E-state index contributed by atoms with van der Waals surface area (Å²) in [7, 11) is 0. The molecule has 0 aromatic heterocycles. The van der Waals surface area contributed by atoms with Crippen molar-refractivity contribution in [1.29, 1.82) is 0 Å². The minimum atomic E-state index is -1.05. The quantitative estimate of drug-likeness (QED) is 0.643. The van der Waals surface area contributed by atoms with Crippen molar-refractivity contribution >= 4 is 5.69 Å². The minimum absolute atomic E-state index is 0.562. The van der Waals surface area contributed by atoms with Crippen molar-refractivity contribution in [2.75, 3.05) is 18.0 Å². The van der Waals surface area contributed by atoms with Gasteiger partial charge in [0.15, 0.2) is 0 Å². The maximum absolute atomic E-state index is 11.9. The molecule has 2 nitrogen and oxygen atoms in total. The van der Waals surface area contributed by atoms with Crippen molar-refractivity contribution in [3.8, 4) is 0 Å². The summed E-state index contributed by atoms with van der Waals surface area (Å²) < 4.78 is 0. The Bertz CT molecular complexity index is 897. The van der Waals surface area contributed by atoms with Gasteiger partial charge in [-0.25, -0.2) is 0 Å². The fourth-order valence-corrected chi connectivity index (χ4v) is 4.27. The molecule has 0 radical (unpaired) electrons. The molecule has 0 amide bonds. The van der Waals surface area contributed by atoms with Gasteiger partial charge >= 0.3 is 0 Å². The maximum Gasteiger partial charge on any atom is 0.119 e. The SMILES string of the molecule is Cc1ccccc1CC(O)(c1ccccc1)c1ccc(N2CCCCC2)cc1. The number of hydrogen-bond donors (Lipinski definition) is 1. The van der Waals surface area contributed by atoms with E-state index >= 15 is 0 Å². The first-order chi connectivity index (χ1) is 13.7. The second-order valence-electron chi connectivity index (χ2n) is 7.92. The van der Waals surface area contributed by atoms with Crippen molar-refractivity contribution < 1.29 is 5.11 Å². The smallest absolute Gasteiger partial charge is 0.119 e. The molecule has 0 saturated carbocycles. The lowest BCUT2D eigenvalue weighted by Crippen LogP contribution is -2.31. The van der Waals surface area contributed by atoms with Gasteiger partial charge in [0.1, 0.15) is 5.60 Å². The zero-order chi connectivity index (χ0) is 19.4. The van der Waals surface area contributed by atoms with Gasteiger partial charge in [-0.3, -0.25) is 0 Å². The van der Waals surface area contributed by atoms with Crippen LogP contribution in [-0.4, -0.2) is 18.2 Å². The number of benzene rings is 3. The number of aliphatic hydroxyl groups is 1. The van der Waals surface area contributed by atoms with Crippen molar-refractivity contribution in [2.45, 2.75) is 38.2 Å². The lowest BCUT2D eigenvalue weighted by Gasteiger charge is -2.32. The molecule has 1 heterocycles. The van der Waals surface area contributed by atoms with Crippen LogP contribution in [0, 0.1) is 6.92 Å². The van der Waals surface area contributed by atoms with Crippen molar-refractivity contribution in [1.82, 2.24) is 0 Å². The minimum Gasteiger partial charge on any atom is -0.380 e. The Hall–Kier alpha value is -2.58. The molecule has 144 valence electrons. The van der Waals surface area contributed by atoms with E-state index in [9.17, 15) is 5.11 Å². The molecule has 0 bridgehead atoms. The fraction of sp³-hybridized carbons (Fsp3) is 0.308. The molecule has 1 unspecified atom stereocenters. The molecule has 1 N–H and O–H groups in total. The lowest BCUT2D eigenvalue weighted by molar-refractivity contribution is 0.0810. The summed E-state index contributed by atoms with van der Waals surface area (Å²) >= 11 is 0. The van der Waals surface area contributed by atoms with Crippen LogP contribution in [0.4, 0.5) is 5.69 Å². The van der Waals surface area contributed by atoms with E-state index in [0.717, 1.165) is 24.2 Å². The number of aryl methyl sites for hydroxylation is 1. The third-order valence-electron chi connectivity index (χ3n) is 6.02. The summed E-state index contributed by atoms with van der Waals surface area (Å²) in [4.78, 5) is 2.45. The first-order valence-corrected chi connectivity index (χ1v) is 10.3. The van der Waals surface area contributed by atoms with Crippen LogP contribution in [0.5, 0.6) is 0 Å². The van der Waals surface area contributed by atoms with Gasteiger partial charge < -0.3 is 10.0 Å². The van der Waals surface area contributed by atoms with Gasteiger partial charge in [0.25, 0.3) is 0 Å². The molecule has 1 aliphatic rings. The first-order valence-electron chi connectivity index (χ1n) is 10.3. The highest BCUT2D eigenvalue weighted by atomic mass is 16.3. The number of anilines is 1. The summed E-state index contributed by atoms with van der Waals surface area (Å²) in [5.74, 6) is 0. The van der Waals surface area contributed by atoms with Crippen LogP contribution in [0.15, 0.2) is 78.9 Å². The third-order valence-corrected chi connectivity index (χ3v) is 6.02. The Morgan fingerprint density at radius 3 is 2.04 bits per heavy atom. The predicted octanol–water partition coefficient (Wildman–Crippen LogP) is 5.46. The monoisotopic (exact) mass is 371 g/mol. The Labute approximate surface area is 168 Å². The molecule has 3 aromatic carbocycles. The van der Waals surface area contributed by atoms with Crippen molar-refractivity contribution in [3.05, 3.63) is 101 Å². The zero-order valence-electron chi connectivity index (χ0n) is 16.6. The largest absolute Gasteiger partial charge is 0.380 e. The van der Waals surface area contributed by atoms with Gasteiger partial charge in [-0.1, -0.05) is 66.7 Å². The molecule has 0 spiro atoms. The van der Waals surface area contributed by atoms with Crippen LogP contribution in [0.3, 0.4) is 0 Å². The van der Waals surface area contributed by atoms with Crippen LogP contribution in [0.2, 0.25) is 0 Å². The topological polar surface area (TPSA) is 23.5 Å². The molecule has 1 atom stereocenters. The van der Waals surface area contributed by atoms with Crippen molar-refractivity contribution in [3.63, 3.8) is 0 Å². The third kappa shape index (κ3) is 3.83. The Morgan fingerprint density at radius 2 is 1.36 bits per heavy atom. The Balaban J connectivity index is 1.70. The molecule has 3 aromatic rings. The van der Waals surface area contributed by atoms with Gasteiger partial charge in [-0.15, -0.1) is 0 Å². The molecule has 4 rings (SSSR count). The number of piperidine rings is 1. The average Bonchev–Trinajstić information content (AvgIpc) is 2.77. The second-order valence-corrected chi connectivity index (χ2v) is 7.92. The lowest BCUT2D eigenvalue weighted by atomic mass is 9.80. The highest BCUT2D eigenvalue weighted by molar-refractivity contribution is 5.51. The van der Waals surface area contributed by atoms with Gasteiger partial charge in [-0.2, -0.15) is 0 Å². The maximum atomic E-state index is 11.9. The van der Waals surface area contributed by atoms with E-state index in [4.69, 9.17) is 0 Å². The van der Waals surface area contributed by atoms with Crippen LogP contribution in [0.1, 0.15) is 41.5 Å². The molecule has 2 heteroatoms. The molecule has 1 fully saturated rings. The first kappa shape index (κ1) is 18.8. The van der Waals surface area contributed by atoms with Crippen LogP contribution >= 0.6 is 0 Å².